The van der Waals surface area contributed by atoms with E-state index in [1.807, 2.05) is 6.07 Å². The summed E-state index contributed by atoms with van der Waals surface area (Å²) < 4.78 is 6.64. The molecule has 1 aromatic heterocycles. The van der Waals surface area contributed by atoms with Crippen LogP contribution in [0.2, 0.25) is 0 Å². The van der Waals surface area contributed by atoms with Crippen LogP contribution in [-0.2, 0) is 5.75 Å². The average molecular weight is 354 g/mol. The van der Waals surface area contributed by atoms with Gasteiger partial charge in [0.25, 0.3) is 0 Å². The van der Waals surface area contributed by atoms with Crippen LogP contribution in [0.4, 0.5) is 0 Å². The molecule has 3 aromatic rings. The molecule has 6 nitrogen and oxygen atoms in total. The highest BCUT2D eigenvalue weighted by atomic mass is 32.2. The van der Waals surface area contributed by atoms with Crippen molar-refractivity contribution in [2.75, 3.05) is 7.11 Å². The number of phenolic OH excluding ortho intramolecular Hbond substituents is 1. The second-order valence-electron chi connectivity index (χ2n) is 5.41. The Morgan fingerprint density at radius 3 is 2.76 bits per heavy atom. The number of nitrogens with zero attached hydrogens (tertiary/aromatic N) is 4. The van der Waals surface area contributed by atoms with E-state index in [4.69, 9.17) is 4.74 Å². The Hall–Kier alpha value is -2.80. The summed E-state index contributed by atoms with van der Waals surface area (Å²) in [6.07, 6.45) is 3.19. The Kier molecular flexibility index (Phi) is 5.35. The minimum atomic E-state index is 0.0733. The fourth-order valence-corrected chi connectivity index (χ4v) is 2.96. The Bertz CT molecular complexity index is 875. The topological polar surface area (TPSA) is 72.5 Å². The molecule has 25 heavy (non-hydrogen) atoms. The summed E-state index contributed by atoms with van der Waals surface area (Å²) in [5, 5.41) is 22.9. The number of aromatic nitrogens is 3. The van der Waals surface area contributed by atoms with Crippen molar-refractivity contribution in [3.8, 4) is 11.5 Å². The molecule has 0 atom stereocenters. The van der Waals surface area contributed by atoms with Crippen molar-refractivity contribution in [1.82, 2.24) is 14.9 Å². The minimum absolute atomic E-state index is 0.0733. The van der Waals surface area contributed by atoms with Gasteiger partial charge in [0.2, 0.25) is 5.16 Å². The first kappa shape index (κ1) is 17.0. The predicted octanol–water partition coefficient (Wildman–Crippen LogP) is 3.48. The van der Waals surface area contributed by atoms with E-state index in [9.17, 15) is 5.11 Å². The molecule has 0 saturated carbocycles. The van der Waals surface area contributed by atoms with E-state index in [0.717, 1.165) is 11.3 Å². The van der Waals surface area contributed by atoms with Crippen LogP contribution in [0.5, 0.6) is 11.5 Å². The van der Waals surface area contributed by atoms with Crippen LogP contribution >= 0.6 is 11.8 Å². The quantitative estimate of drug-likeness (QED) is 0.542. The smallest absolute Gasteiger partial charge is 0.212 e. The summed E-state index contributed by atoms with van der Waals surface area (Å²) in [6, 6.07) is 13.5. The fourth-order valence-electron chi connectivity index (χ4n) is 2.14. The number of ether oxygens (including phenoxy) is 1. The average Bonchev–Trinajstić information content (AvgIpc) is 3.07. The maximum atomic E-state index is 9.81. The van der Waals surface area contributed by atoms with Crippen molar-refractivity contribution >= 4 is 18.0 Å². The highest BCUT2D eigenvalue weighted by Crippen LogP contribution is 2.25. The molecule has 7 heteroatoms. The van der Waals surface area contributed by atoms with E-state index in [-0.39, 0.29) is 5.75 Å². The third-order valence-corrected chi connectivity index (χ3v) is 4.53. The molecular weight excluding hydrogens is 336 g/mol. The van der Waals surface area contributed by atoms with Gasteiger partial charge in [-0.2, -0.15) is 9.78 Å². The van der Waals surface area contributed by atoms with Gasteiger partial charge in [0.15, 0.2) is 11.5 Å². The van der Waals surface area contributed by atoms with Crippen LogP contribution in [-0.4, -0.2) is 33.3 Å². The molecule has 0 unspecified atom stereocenters. The third kappa shape index (κ3) is 4.39. The lowest BCUT2D eigenvalue weighted by Gasteiger charge is -2.04. The Labute approximate surface area is 150 Å². The van der Waals surface area contributed by atoms with Gasteiger partial charge in [0.1, 0.15) is 6.33 Å². The van der Waals surface area contributed by atoms with Crippen LogP contribution in [0.3, 0.4) is 0 Å². The zero-order valence-electron chi connectivity index (χ0n) is 14.0. The molecule has 0 saturated heterocycles. The number of benzene rings is 2. The summed E-state index contributed by atoms with van der Waals surface area (Å²) in [5.41, 5.74) is 3.21. The van der Waals surface area contributed by atoms with Gasteiger partial charge in [-0.15, -0.1) is 10.2 Å². The molecule has 0 aliphatic heterocycles. The number of methoxy groups -OCH3 is 1. The molecule has 0 spiro atoms. The van der Waals surface area contributed by atoms with Crippen molar-refractivity contribution < 1.29 is 9.84 Å². The van der Waals surface area contributed by atoms with Gasteiger partial charge in [-0.1, -0.05) is 41.6 Å². The van der Waals surface area contributed by atoms with E-state index in [1.54, 1.807) is 41.1 Å². The molecule has 3 rings (SSSR count). The molecule has 0 amide bonds. The Morgan fingerprint density at radius 2 is 2.04 bits per heavy atom. The van der Waals surface area contributed by atoms with Gasteiger partial charge in [-0.3, -0.25) is 0 Å². The van der Waals surface area contributed by atoms with Crippen LogP contribution in [0.1, 0.15) is 16.7 Å². The number of aromatic hydroxyl groups is 1. The Balaban J connectivity index is 1.68. The highest BCUT2D eigenvalue weighted by molar-refractivity contribution is 7.98. The van der Waals surface area contributed by atoms with Crippen molar-refractivity contribution in [2.45, 2.75) is 17.8 Å². The van der Waals surface area contributed by atoms with Crippen molar-refractivity contribution in [2.24, 2.45) is 5.10 Å². The number of hydrogen-bond donors (Lipinski definition) is 1. The molecule has 0 radical (unpaired) electrons. The number of hydrogen-bond acceptors (Lipinski definition) is 6. The van der Waals surface area contributed by atoms with Crippen LogP contribution in [0.15, 0.2) is 59.0 Å². The van der Waals surface area contributed by atoms with Gasteiger partial charge in [-0.05, 0) is 36.2 Å². The maximum absolute atomic E-state index is 9.81. The van der Waals surface area contributed by atoms with Crippen LogP contribution in [0.25, 0.3) is 0 Å². The van der Waals surface area contributed by atoms with Crippen molar-refractivity contribution in [3.05, 3.63) is 65.5 Å². The molecular formula is C18H18N4O2S. The molecule has 0 aliphatic carbocycles. The number of aryl methyl sites for hydroxylation is 1. The number of phenols is 1. The first-order chi connectivity index (χ1) is 12.2. The van der Waals surface area contributed by atoms with E-state index in [2.05, 4.69) is 46.5 Å². The number of rotatable bonds is 6. The summed E-state index contributed by atoms with van der Waals surface area (Å²) in [7, 11) is 1.51. The highest BCUT2D eigenvalue weighted by Gasteiger charge is 2.05. The van der Waals surface area contributed by atoms with Gasteiger partial charge >= 0.3 is 0 Å². The fraction of sp³-hybridized carbons (Fsp3) is 0.167. The third-order valence-electron chi connectivity index (χ3n) is 3.52. The molecule has 1 heterocycles. The van der Waals surface area contributed by atoms with Gasteiger partial charge in [0.05, 0.1) is 13.3 Å². The lowest BCUT2D eigenvalue weighted by atomic mass is 10.2. The summed E-state index contributed by atoms with van der Waals surface area (Å²) >= 11 is 1.56. The Morgan fingerprint density at radius 1 is 1.24 bits per heavy atom. The molecule has 128 valence electrons. The summed E-state index contributed by atoms with van der Waals surface area (Å²) in [5.74, 6) is 1.29. The largest absolute Gasteiger partial charge is 0.504 e. The molecule has 0 fully saturated rings. The maximum Gasteiger partial charge on any atom is 0.212 e. The van der Waals surface area contributed by atoms with E-state index < -0.39 is 0 Å². The standard InChI is InChI=1S/C18H18N4O2S/c1-13-3-5-14(6-4-13)11-25-18-21-19-12-22(18)20-10-15-7-8-17(24-2)16(23)9-15/h3-10,12,23H,11H2,1-2H3/b20-10+. The second kappa shape index (κ2) is 7.85. The SMILES string of the molecule is COc1ccc(/C=N/n2cnnc2SCc2ccc(C)cc2)cc1O. The van der Waals surface area contributed by atoms with Crippen LogP contribution < -0.4 is 4.74 Å². The zero-order chi connectivity index (χ0) is 17.6. The summed E-state index contributed by atoms with van der Waals surface area (Å²) in [6.45, 7) is 2.07. The normalized spacial score (nSPS) is 11.1. The molecule has 0 bridgehead atoms. The first-order valence-corrected chi connectivity index (χ1v) is 8.64. The van der Waals surface area contributed by atoms with E-state index in [1.165, 1.54) is 18.2 Å². The lowest BCUT2D eigenvalue weighted by Crippen LogP contribution is -1.93. The van der Waals surface area contributed by atoms with Crippen molar-refractivity contribution in [3.63, 3.8) is 0 Å². The lowest BCUT2D eigenvalue weighted by molar-refractivity contribution is 0.373. The van der Waals surface area contributed by atoms with E-state index >= 15 is 0 Å². The van der Waals surface area contributed by atoms with Gasteiger partial charge < -0.3 is 9.84 Å². The second-order valence-corrected chi connectivity index (χ2v) is 6.35. The van der Waals surface area contributed by atoms with Crippen LogP contribution in [0, 0.1) is 6.92 Å². The van der Waals surface area contributed by atoms with E-state index in [0.29, 0.717) is 10.9 Å². The molecule has 0 aliphatic rings. The van der Waals surface area contributed by atoms with Gasteiger partial charge in [-0.25, -0.2) is 0 Å². The van der Waals surface area contributed by atoms with Gasteiger partial charge in [0, 0.05) is 5.75 Å². The monoisotopic (exact) mass is 354 g/mol. The summed E-state index contributed by atoms with van der Waals surface area (Å²) in [4.78, 5) is 0. The number of thioether (sulfide) groups is 1. The zero-order valence-corrected chi connectivity index (χ0v) is 14.8. The molecule has 1 N–H and O–H groups in total. The van der Waals surface area contributed by atoms with Crippen molar-refractivity contribution in [1.29, 1.82) is 0 Å². The first-order valence-electron chi connectivity index (χ1n) is 7.65. The minimum Gasteiger partial charge on any atom is -0.504 e. The predicted molar refractivity (Wildman–Crippen MR) is 98.4 cm³/mol. The molecule has 2 aromatic carbocycles.